The first-order valence-corrected chi connectivity index (χ1v) is 8.20. The molecular formula is C19H20N2O3. The first-order chi connectivity index (χ1) is 11.7. The summed E-state index contributed by atoms with van der Waals surface area (Å²) in [6, 6.07) is 17.5. The zero-order valence-electron chi connectivity index (χ0n) is 13.3. The Morgan fingerprint density at radius 1 is 1.00 bits per heavy atom. The first-order valence-electron chi connectivity index (χ1n) is 8.20. The maximum atomic E-state index is 12.8. The lowest BCUT2D eigenvalue weighted by molar-refractivity contribution is -0.140. The van der Waals surface area contributed by atoms with Crippen LogP contribution in [-0.4, -0.2) is 42.6 Å². The van der Waals surface area contributed by atoms with Crippen LogP contribution in [0.15, 0.2) is 54.6 Å². The van der Waals surface area contributed by atoms with Crippen LogP contribution in [0.1, 0.15) is 11.5 Å². The van der Waals surface area contributed by atoms with Crippen molar-refractivity contribution in [3.63, 3.8) is 0 Å². The van der Waals surface area contributed by atoms with Crippen LogP contribution in [-0.2, 0) is 4.79 Å². The molecule has 1 fully saturated rings. The zero-order valence-corrected chi connectivity index (χ0v) is 13.3. The number of carbonyl (C=O) groups is 1. The van der Waals surface area contributed by atoms with E-state index in [0.29, 0.717) is 24.6 Å². The fourth-order valence-corrected chi connectivity index (χ4v) is 3.41. The summed E-state index contributed by atoms with van der Waals surface area (Å²) in [4.78, 5) is 14.6. The summed E-state index contributed by atoms with van der Waals surface area (Å²) in [5.74, 6) is 1.40. The molecule has 2 N–H and O–H groups in total. The van der Waals surface area contributed by atoms with Crippen molar-refractivity contribution >= 4 is 5.91 Å². The highest BCUT2D eigenvalue weighted by atomic mass is 16.6. The molecule has 2 aromatic carbocycles. The Labute approximate surface area is 141 Å². The third-order valence-corrected chi connectivity index (χ3v) is 4.69. The van der Waals surface area contributed by atoms with Crippen molar-refractivity contribution in [1.82, 2.24) is 4.90 Å². The van der Waals surface area contributed by atoms with Gasteiger partial charge in [0, 0.05) is 25.0 Å². The Morgan fingerprint density at radius 2 is 1.71 bits per heavy atom. The zero-order chi connectivity index (χ0) is 16.5. The smallest absolute Gasteiger partial charge is 0.267 e. The summed E-state index contributed by atoms with van der Waals surface area (Å²) in [5.41, 5.74) is 7.45. The number of nitrogens with zero attached hydrogens (tertiary/aromatic N) is 1. The topological polar surface area (TPSA) is 64.8 Å². The molecule has 0 spiro atoms. The van der Waals surface area contributed by atoms with E-state index in [2.05, 4.69) is 12.1 Å². The highest BCUT2D eigenvalue weighted by Gasteiger charge is 2.38. The summed E-state index contributed by atoms with van der Waals surface area (Å²) in [5, 5.41) is 0. The standard InChI is InChI=1S/C19H20N2O3/c20-15-11-21(10-14(15)13-6-2-1-3-7-13)19(22)18-12-23-16-8-4-5-9-17(16)24-18/h1-9,14-15,18H,10-12,20H2/t14-,15+,18?/m0/s1. The minimum absolute atomic E-state index is 0.0571. The second kappa shape index (κ2) is 6.17. The third-order valence-electron chi connectivity index (χ3n) is 4.69. The van der Waals surface area contributed by atoms with E-state index in [1.807, 2.05) is 42.5 Å². The maximum Gasteiger partial charge on any atom is 0.267 e. The second-order valence-electron chi connectivity index (χ2n) is 6.29. The molecule has 2 heterocycles. The quantitative estimate of drug-likeness (QED) is 0.914. The lowest BCUT2D eigenvalue weighted by Crippen LogP contribution is -2.46. The number of nitrogens with two attached hydrogens (primary N) is 1. The summed E-state index contributed by atoms with van der Waals surface area (Å²) >= 11 is 0. The van der Waals surface area contributed by atoms with Crippen LogP contribution < -0.4 is 15.2 Å². The minimum Gasteiger partial charge on any atom is -0.485 e. The fraction of sp³-hybridized carbons (Fsp3) is 0.316. The van der Waals surface area contributed by atoms with Gasteiger partial charge in [-0.2, -0.15) is 0 Å². The molecular weight excluding hydrogens is 304 g/mol. The van der Waals surface area contributed by atoms with Gasteiger partial charge in [0.1, 0.15) is 6.61 Å². The maximum absolute atomic E-state index is 12.8. The molecule has 1 saturated heterocycles. The lowest BCUT2D eigenvalue weighted by atomic mass is 9.95. The number of likely N-dealkylation sites (tertiary alicyclic amines) is 1. The predicted octanol–water partition coefficient (Wildman–Crippen LogP) is 1.78. The molecule has 0 bridgehead atoms. The Hall–Kier alpha value is -2.53. The van der Waals surface area contributed by atoms with Crippen molar-refractivity contribution in [3.05, 3.63) is 60.2 Å². The molecule has 5 heteroatoms. The van der Waals surface area contributed by atoms with E-state index < -0.39 is 6.10 Å². The molecule has 0 radical (unpaired) electrons. The van der Waals surface area contributed by atoms with Gasteiger partial charge in [0.05, 0.1) is 0 Å². The van der Waals surface area contributed by atoms with Gasteiger partial charge in [-0.15, -0.1) is 0 Å². The molecule has 5 nitrogen and oxygen atoms in total. The minimum atomic E-state index is -0.610. The van der Waals surface area contributed by atoms with Crippen molar-refractivity contribution in [2.75, 3.05) is 19.7 Å². The molecule has 24 heavy (non-hydrogen) atoms. The normalized spacial score (nSPS) is 25.5. The van der Waals surface area contributed by atoms with E-state index >= 15 is 0 Å². The van der Waals surface area contributed by atoms with E-state index in [0.717, 1.165) is 0 Å². The fourth-order valence-electron chi connectivity index (χ4n) is 3.41. The molecule has 4 rings (SSSR count). The van der Waals surface area contributed by atoms with Gasteiger partial charge in [-0.05, 0) is 17.7 Å². The van der Waals surface area contributed by atoms with E-state index in [4.69, 9.17) is 15.2 Å². The Bertz CT molecular complexity index is 734. The van der Waals surface area contributed by atoms with Gasteiger partial charge in [-0.3, -0.25) is 4.79 Å². The predicted molar refractivity (Wildman–Crippen MR) is 90.1 cm³/mol. The summed E-state index contributed by atoms with van der Waals surface area (Å²) < 4.78 is 11.5. The van der Waals surface area contributed by atoms with Crippen molar-refractivity contribution in [2.24, 2.45) is 5.73 Å². The highest BCUT2D eigenvalue weighted by Crippen LogP contribution is 2.32. The average molecular weight is 324 g/mol. The summed E-state index contributed by atoms with van der Waals surface area (Å²) in [6.45, 7) is 1.39. The van der Waals surface area contributed by atoms with Crippen LogP contribution in [0.4, 0.5) is 0 Å². The number of fused-ring (bicyclic) bond motifs is 1. The first kappa shape index (κ1) is 15.0. The molecule has 2 aromatic rings. The van der Waals surface area contributed by atoms with Crippen molar-refractivity contribution in [3.8, 4) is 11.5 Å². The number of carbonyl (C=O) groups excluding carboxylic acids is 1. The van der Waals surface area contributed by atoms with Gasteiger partial charge in [0.25, 0.3) is 5.91 Å². The second-order valence-corrected chi connectivity index (χ2v) is 6.29. The number of benzene rings is 2. The van der Waals surface area contributed by atoms with E-state index in [1.165, 1.54) is 5.56 Å². The largest absolute Gasteiger partial charge is 0.485 e. The van der Waals surface area contributed by atoms with Crippen LogP contribution in [0.5, 0.6) is 11.5 Å². The summed E-state index contributed by atoms with van der Waals surface area (Å²) in [7, 11) is 0. The number of hydrogen-bond acceptors (Lipinski definition) is 4. The van der Waals surface area contributed by atoms with Gasteiger partial charge in [-0.25, -0.2) is 0 Å². The Balaban J connectivity index is 1.46. The van der Waals surface area contributed by atoms with Gasteiger partial charge in [0.15, 0.2) is 11.5 Å². The Kier molecular flexibility index (Phi) is 3.86. The van der Waals surface area contributed by atoms with Crippen LogP contribution in [0.25, 0.3) is 0 Å². The van der Waals surface area contributed by atoms with Crippen molar-refractivity contribution < 1.29 is 14.3 Å². The molecule has 3 atom stereocenters. The van der Waals surface area contributed by atoms with Gasteiger partial charge in [-0.1, -0.05) is 42.5 Å². The molecule has 124 valence electrons. The molecule has 0 aromatic heterocycles. The average Bonchev–Trinajstić information content (AvgIpc) is 3.03. The van der Waals surface area contributed by atoms with Gasteiger partial charge in [0.2, 0.25) is 6.10 Å². The molecule has 2 aliphatic rings. The van der Waals surface area contributed by atoms with Crippen LogP contribution in [0.3, 0.4) is 0 Å². The molecule has 0 aliphatic carbocycles. The van der Waals surface area contributed by atoms with Gasteiger partial charge >= 0.3 is 0 Å². The molecule has 1 unspecified atom stereocenters. The number of hydrogen-bond donors (Lipinski definition) is 1. The number of rotatable bonds is 2. The van der Waals surface area contributed by atoms with Crippen LogP contribution >= 0.6 is 0 Å². The van der Waals surface area contributed by atoms with E-state index in [1.54, 1.807) is 4.90 Å². The molecule has 0 saturated carbocycles. The van der Waals surface area contributed by atoms with E-state index in [-0.39, 0.29) is 24.5 Å². The van der Waals surface area contributed by atoms with Crippen molar-refractivity contribution in [1.29, 1.82) is 0 Å². The van der Waals surface area contributed by atoms with Crippen molar-refractivity contribution in [2.45, 2.75) is 18.1 Å². The Morgan fingerprint density at radius 3 is 2.50 bits per heavy atom. The summed E-state index contributed by atoms with van der Waals surface area (Å²) in [6.07, 6.45) is -0.610. The molecule has 1 amide bonds. The van der Waals surface area contributed by atoms with Crippen LogP contribution in [0.2, 0.25) is 0 Å². The van der Waals surface area contributed by atoms with Gasteiger partial charge < -0.3 is 20.1 Å². The lowest BCUT2D eigenvalue weighted by Gasteiger charge is -2.28. The number of amides is 1. The molecule has 2 aliphatic heterocycles. The van der Waals surface area contributed by atoms with E-state index in [9.17, 15) is 4.79 Å². The monoisotopic (exact) mass is 324 g/mol. The van der Waals surface area contributed by atoms with Crippen LogP contribution in [0, 0.1) is 0 Å². The third kappa shape index (κ3) is 2.71. The highest BCUT2D eigenvalue weighted by molar-refractivity contribution is 5.82. The number of ether oxygens (including phenoxy) is 2. The SMILES string of the molecule is N[C@@H]1CN(C(=O)C2COc3ccccc3O2)C[C@H]1c1ccccc1. The number of para-hydroxylation sites is 2.